The fourth-order valence-corrected chi connectivity index (χ4v) is 2.77. The first kappa shape index (κ1) is 11.6. The zero-order chi connectivity index (χ0) is 11.5. The lowest BCUT2D eigenvalue weighted by Crippen LogP contribution is -2.21. The Morgan fingerprint density at radius 2 is 2.31 bits per heavy atom. The highest BCUT2D eigenvalue weighted by atomic mass is 35.5. The minimum absolute atomic E-state index is 0.142. The number of aryl methyl sites for hydroxylation is 1. The molecule has 0 saturated heterocycles. The molecule has 0 aliphatic carbocycles. The lowest BCUT2D eigenvalue weighted by molar-refractivity contribution is 0.607. The van der Waals surface area contributed by atoms with E-state index in [9.17, 15) is 0 Å². The van der Waals surface area contributed by atoms with Gasteiger partial charge >= 0.3 is 0 Å². The zero-order valence-corrected chi connectivity index (χ0v) is 10.8. The Hall–Kier alpha value is -0.840. The van der Waals surface area contributed by atoms with Crippen molar-refractivity contribution >= 4 is 22.9 Å². The van der Waals surface area contributed by atoms with Crippen LogP contribution in [-0.4, -0.2) is 16.3 Å². The normalized spacial score (nSPS) is 12.9. The Bertz CT molecular complexity index is 423. The maximum absolute atomic E-state index is 5.96. The average Bonchev–Trinajstić information content (AvgIpc) is 2.84. The third-order valence-corrected chi connectivity index (χ3v) is 3.61. The monoisotopic (exact) mass is 255 g/mol. The van der Waals surface area contributed by atoms with Gasteiger partial charge in [0.15, 0.2) is 0 Å². The van der Waals surface area contributed by atoms with E-state index in [0.717, 1.165) is 16.6 Å². The molecule has 0 amide bonds. The molecule has 0 saturated carbocycles. The van der Waals surface area contributed by atoms with E-state index in [0.29, 0.717) is 0 Å². The predicted octanol–water partition coefficient (Wildman–Crippen LogP) is 2.83. The highest BCUT2D eigenvalue weighted by molar-refractivity contribution is 7.16. The molecule has 1 N–H and O–H groups in total. The van der Waals surface area contributed by atoms with Gasteiger partial charge in [0, 0.05) is 18.1 Å². The second kappa shape index (κ2) is 4.99. The van der Waals surface area contributed by atoms with Crippen molar-refractivity contribution in [2.24, 2.45) is 7.05 Å². The van der Waals surface area contributed by atoms with Crippen molar-refractivity contribution in [1.29, 1.82) is 0 Å². The molecule has 2 aromatic heterocycles. The van der Waals surface area contributed by atoms with Gasteiger partial charge in [-0.25, -0.2) is 0 Å². The maximum atomic E-state index is 5.96. The molecule has 1 unspecified atom stereocenters. The first-order valence-electron chi connectivity index (χ1n) is 5.19. The van der Waals surface area contributed by atoms with Gasteiger partial charge in [0.05, 0.1) is 16.1 Å². The molecule has 86 valence electrons. The Morgan fingerprint density at radius 1 is 1.50 bits per heavy atom. The van der Waals surface area contributed by atoms with Crippen LogP contribution in [0.4, 0.5) is 0 Å². The molecule has 2 heterocycles. The second-order valence-electron chi connectivity index (χ2n) is 3.55. The molecule has 0 radical (unpaired) electrons. The summed E-state index contributed by atoms with van der Waals surface area (Å²) in [5, 5.41) is 7.85. The average molecular weight is 256 g/mol. The van der Waals surface area contributed by atoms with Gasteiger partial charge in [-0.1, -0.05) is 18.5 Å². The summed E-state index contributed by atoms with van der Waals surface area (Å²) in [4.78, 5) is 1.20. The van der Waals surface area contributed by atoms with Crippen LogP contribution in [0.5, 0.6) is 0 Å². The van der Waals surface area contributed by atoms with Gasteiger partial charge in [-0.2, -0.15) is 5.10 Å². The molecule has 0 aromatic carbocycles. The summed E-state index contributed by atoms with van der Waals surface area (Å²) in [6, 6.07) is 6.15. The third-order valence-electron chi connectivity index (χ3n) is 2.32. The van der Waals surface area contributed by atoms with Crippen molar-refractivity contribution in [1.82, 2.24) is 15.1 Å². The van der Waals surface area contributed by atoms with Gasteiger partial charge in [0.1, 0.15) is 0 Å². The molecule has 2 rings (SSSR count). The number of hydrogen-bond donors (Lipinski definition) is 1. The number of aromatic nitrogens is 2. The maximum Gasteiger partial charge on any atom is 0.0931 e. The fraction of sp³-hybridized carbons (Fsp3) is 0.364. The predicted molar refractivity (Wildman–Crippen MR) is 68.1 cm³/mol. The number of halogens is 1. The molecule has 0 aliphatic heterocycles. The summed E-state index contributed by atoms with van der Waals surface area (Å²) in [6.45, 7) is 2.99. The third kappa shape index (κ3) is 2.45. The van der Waals surface area contributed by atoms with Crippen LogP contribution in [0.1, 0.15) is 23.5 Å². The van der Waals surface area contributed by atoms with Crippen molar-refractivity contribution in [3.63, 3.8) is 0 Å². The van der Waals surface area contributed by atoms with Crippen LogP contribution in [-0.2, 0) is 7.05 Å². The summed E-state index contributed by atoms with van der Waals surface area (Å²) in [5.74, 6) is 0. The fourth-order valence-electron chi connectivity index (χ4n) is 1.63. The van der Waals surface area contributed by atoms with Gasteiger partial charge in [0.25, 0.3) is 0 Å². The molecular formula is C11H14ClN3S. The Balaban J connectivity index is 2.30. The van der Waals surface area contributed by atoms with Crippen molar-refractivity contribution in [3.8, 4) is 0 Å². The zero-order valence-electron chi connectivity index (χ0n) is 9.27. The van der Waals surface area contributed by atoms with E-state index >= 15 is 0 Å². The quantitative estimate of drug-likeness (QED) is 0.911. The number of nitrogens with zero attached hydrogens (tertiary/aromatic N) is 2. The molecule has 0 spiro atoms. The molecule has 5 heteroatoms. The SMILES string of the molecule is CCNC(c1ccn(C)n1)c1ccc(Cl)s1. The van der Waals surface area contributed by atoms with Crippen LogP contribution in [0, 0.1) is 0 Å². The van der Waals surface area contributed by atoms with E-state index in [-0.39, 0.29) is 6.04 Å². The van der Waals surface area contributed by atoms with E-state index in [4.69, 9.17) is 11.6 Å². The number of thiophene rings is 1. The first-order valence-corrected chi connectivity index (χ1v) is 6.38. The summed E-state index contributed by atoms with van der Waals surface area (Å²) in [6.07, 6.45) is 1.95. The van der Waals surface area contributed by atoms with Crippen molar-refractivity contribution in [2.45, 2.75) is 13.0 Å². The van der Waals surface area contributed by atoms with E-state index < -0.39 is 0 Å². The Kier molecular flexibility index (Phi) is 3.63. The minimum atomic E-state index is 0.142. The van der Waals surface area contributed by atoms with Crippen LogP contribution in [0.25, 0.3) is 0 Å². The molecule has 0 bridgehead atoms. The van der Waals surface area contributed by atoms with Gasteiger partial charge in [-0.15, -0.1) is 11.3 Å². The molecule has 16 heavy (non-hydrogen) atoms. The van der Waals surface area contributed by atoms with Gasteiger partial charge in [0.2, 0.25) is 0 Å². The lowest BCUT2D eigenvalue weighted by Gasteiger charge is -2.13. The second-order valence-corrected chi connectivity index (χ2v) is 5.29. The van der Waals surface area contributed by atoms with Crippen molar-refractivity contribution in [3.05, 3.63) is 39.3 Å². The van der Waals surface area contributed by atoms with Crippen LogP contribution in [0.2, 0.25) is 4.34 Å². The Labute approximate surface area is 104 Å². The Morgan fingerprint density at radius 3 is 2.81 bits per heavy atom. The summed E-state index contributed by atoms with van der Waals surface area (Å²) in [5.41, 5.74) is 1.03. The summed E-state index contributed by atoms with van der Waals surface area (Å²) in [7, 11) is 1.92. The molecular weight excluding hydrogens is 242 g/mol. The molecule has 0 fully saturated rings. The molecule has 0 aliphatic rings. The van der Waals surface area contributed by atoms with Crippen molar-refractivity contribution < 1.29 is 0 Å². The standard InChI is InChI=1S/C11H14ClN3S/c1-3-13-11(8-6-7-15(2)14-8)9-4-5-10(12)16-9/h4-7,11,13H,3H2,1-2H3. The van der Waals surface area contributed by atoms with E-state index in [1.54, 1.807) is 11.3 Å². The van der Waals surface area contributed by atoms with Crippen molar-refractivity contribution in [2.75, 3.05) is 6.54 Å². The number of rotatable bonds is 4. The minimum Gasteiger partial charge on any atom is -0.305 e. The molecule has 3 nitrogen and oxygen atoms in total. The summed E-state index contributed by atoms with van der Waals surface area (Å²) < 4.78 is 2.63. The first-order chi connectivity index (χ1) is 7.70. The topological polar surface area (TPSA) is 29.9 Å². The largest absolute Gasteiger partial charge is 0.305 e. The molecule has 1 atom stereocenters. The van der Waals surface area contributed by atoms with Gasteiger partial charge in [-0.05, 0) is 24.7 Å². The van der Waals surface area contributed by atoms with Crippen LogP contribution >= 0.6 is 22.9 Å². The highest BCUT2D eigenvalue weighted by Crippen LogP contribution is 2.30. The van der Waals surface area contributed by atoms with E-state index in [1.165, 1.54) is 4.88 Å². The number of nitrogens with one attached hydrogen (secondary N) is 1. The number of hydrogen-bond acceptors (Lipinski definition) is 3. The van der Waals surface area contributed by atoms with Crippen LogP contribution in [0.3, 0.4) is 0 Å². The van der Waals surface area contributed by atoms with Gasteiger partial charge in [-0.3, -0.25) is 4.68 Å². The summed E-state index contributed by atoms with van der Waals surface area (Å²) >= 11 is 7.56. The highest BCUT2D eigenvalue weighted by Gasteiger charge is 2.17. The van der Waals surface area contributed by atoms with E-state index in [1.807, 2.05) is 30.1 Å². The lowest BCUT2D eigenvalue weighted by atomic mass is 10.2. The smallest absolute Gasteiger partial charge is 0.0931 e. The molecule has 2 aromatic rings. The van der Waals surface area contributed by atoms with Gasteiger partial charge < -0.3 is 5.32 Å². The van der Waals surface area contributed by atoms with Crippen LogP contribution < -0.4 is 5.32 Å². The van der Waals surface area contributed by atoms with Crippen LogP contribution in [0.15, 0.2) is 24.4 Å². The van der Waals surface area contributed by atoms with E-state index in [2.05, 4.69) is 23.4 Å².